The number of amides is 1. The van der Waals surface area contributed by atoms with Crippen molar-refractivity contribution in [1.82, 2.24) is 0 Å². The standard InChI is InChI=1S/C16H9Cl2NOS2/c17-11-6-4-10(5-7-11)8-14-15(20)19(16(21)22-14)13-3-1-2-12(18)9-13/h1-9H/b14-8+. The molecule has 1 heterocycles. The van der Waals surface area contributed by atoms with E-state index in [1.165, 1.54) is 16.7 Å². The van der Waals surface area contributed by atoms with Gasteiger partial charge in [0.25, 0.3) is 5.91 Å². The average Bonchev–Trinajstić information content (AvgIpc) is 2.76. The number of carbonyl (C=O) groups is 1. The van der Waals surface area contributed by atoms with Gasteiger partial charge in [0.2, 0.25) is 0 Å². The molecule has 0 saturated carbocycles. The third kappa shape index (κ3) is 3.20. The van der Waals surface area contributed by atoms with Crippen LogP contribution in [0.1, 0.15) is 5.56 Å². The number of nitrogens with zero attached hydrogens (tertiary/aromatic N) is 1. The van der Waals surface area contributed by atoms with Gasteiger partial charge in [0.1, 0.15) is 0 Å². The lowest BCUT2D eigenvalue weighted by Gasteiger charge is -2.14. The first kappa shape index (κ1) is 15.6. The van der Waals surface area contributed by atoms with Crippen molar-refractivity contribution in [2.24, 2.45) is 0 Å². The summed E-state index contributed by atoms with van der Waals surface area (Å²) >= 11 is 18.4. The van der Waals surface area contributed by atoms with Crippen molar-refractivity contribution in [2.45, 2.75) is 0 Å². The molecule has 0 radical (unpaired) electrons. The van der Waals surface area contributed by atoms with Gasteiger partial charge in [-0.05, 0) is 42.0 Å². The molecule has 0 aliphatic carbocycles. The topological polar surface area (TPSA) is 20.3 Å². The SMILES string of the molecule is O=C1/C(=C\c2ccc(Cl)cc2)SC(=S)N1c1cccc(Cl)c1. The number of anilines is 1. The first-order valence-electron chi connectivity index (χ1n) is 6.34. The number of halogens is 2. The van der Waals surface area contributed by atoms with E-state index in [-0.39, 0.29) is 5.91 Å². The summed E-state index contributed by atoms with van der Waals surface area (Å²) in [7, 11) is 0. The summed E-state index contributed by atoms with van der Waals surface area (Å²) in [5.41, 5.74) is 1.57. The summed E-state index contributed by atoms with van der Waals surface area (Å²) in [6.07, 6.45) is 1.81. The van der Waals surface area contributed by atoms with Gasteiger partial charge >= 0.3 is 0 Å². The van der Waals surface area contributed by atoms with Crippen LogP contribution in [0.25, 0.3) is 6.08 Å². The number of hydrogen-bond acceptors (Lipinski definition) is 3. The molecule has 1 saturated heterocycles. The Labute approximate surface area is 147 Å². The van der Waals surface area contributed by atoms with Gasteiger partial charge in [-0.25, -0.2) is 0 Å². The summed E-state index contributed by atoms with van der Waals surface area (Å²) in [4.78, 5) is 14.6. The van der Waals surface area contributed by atoms with Crippen LogP contribution in [0.4, 0.5) is 5.69 Å². The van der Waals surface area contributed by atoms with Gasteiger partial charge in [0, 0.05) is 10.0 Å². The molecule has 1 aliphatic rings. The maximum absolute atomic E-state index is 12.6. The zero-order valence-corrected chi connectivity index (χ0v) is 14.3. The van der Waals surface area contributed by atoms with Crippen molar-refractivity contribution in [1.29, 1.82) is 0 Å². The highest BCUT2D eigenvalue weighted by atomic mass is 35.5. The van der Waals surface area contributed by atoms with E-state index in [1.807, 2.05) is 18.2 Å². The Bertz CT molecular complexity index is 787. The number of carbonyl (C=O) groups excluding carboxylic acids is 1. The molecule has 22 heavy (non-hydrogen) atoms. The normalized spacial score (nSPS) is 16.6. The van der Waals surface area contributed by atoms with Gasteiger partial charge in [0.15, 0.2) is 4.32 Å². The van der Waals surface area contributed by atoms with E-state index in [2.05, 4.69) is 0 Å². The molecule has 0 aromatic heterocycles. The van der Waals surface area contributed by atoms with E-state index in [0.717, 1.165) is 5.56 Å². The fourth-order valence-electron chi connectivity index (χ4n) is 2.02. The van der Waals surface area contributed by atoms with Crippen LogP contribution in [0.5, 0.6) is 0 Å². The van der Waals surface area contributed by atoms with Gasteiger partial charge in [-0.3, -0.25) is 9.69 Å². The Morgan fingerprint density at radius 2 is 1.77 bits per heavy atom. The predicted molar refractivity (Wildman–Crippen MR) is 98.6 cm³/mol. The molecule has 6 heteroatoms. The highest BCUT2D eigenvalue weighted by molar-refractivity contribution is 8.27. The van der Waals surface area contributed by atoms with Crippen LogP contribution in [0.2, 0.25) is 10.0 Å². The zero-order chi connectivity index (χ0) is 15.7. The summed E-state index contributed by atoms with van der Waals surface area (Å²) in [6.45, 7) is 0. The molecular weight excluding hydrogens is 357 g/mol. The van der Waals surface area contributed by atoms with E-state index in [1.54, 1.807) is 36.4 Å². The largest absolute Gasteiger partial charge is 0.270 e. The summed E-state index contributed by atoms with van der Waals surface area (Å²) in [6, 6.07) is 14.4. The minimum atomic E-state index is -0.146. The first-order valence-corrected chi connectivity index (χ1v) is 8.32. The zero-order valence-electron chi connectivity index (χ0n) is 11.1. The van der Waals surface area contributed by atoms with Crippen LogP contribution in [0.3, 0.4) is 0 Å². The minimum Gasteiger partial charge on any atom is -0.268 e. The third-order valence-corrected chi connectivity index (χ3v) is 4.82. The minimum absolute atomic E-state index is 0.146. The van der Waals surface area contributed by atoms with Crippen LogP contribution in [-0.4, -0.2) is 10.2 Å². The molecule has 3 rings (SSSR count). The van der Waals surface area contributed by atoms with Crippen molar-refractivity contribution in [2.75, 3.05) is 4.90 Å². The number of thioether (sulfide) groups is 1. The van der Waals surface area contributed by atoms with Crippen molar-refractivity contribution in [3.05, 3.63) is 69.0 Å². The summed E-state index contributed by atoms with van der Waals surface area (Å²) < 4.78 is 0.493. The molecule has 110 valence electrons. The Morgan fingerprint density at radius 3 is 2.45 bits per heavy atom. The summed E-state index contributed by atoms with van der Waals surface area (Å²) in [5, 5.41) is 1.22. The Balaban J connectivity index is 1.93. The molecule has 2 aromatic rings. The Kier molecular flexibility index (Phi) is 4.54. The van der Waals surface area contributed by atoms with Crippen molar-refractivity contribution in [3.63, 3.8) is 0 Å². The molecule has 1 aliphatic heterocycles. The third-order valence-electron chi connectivity index (χ3n) is 3.03. The monoisotopic (exact) mass is 365 g/mol. The lowest BCUT2D eigenvalue weighted by Crippen LogP contribution is -2.27. The number of benzene rings is 2. The molecule has 2 aromatic carbocycles. The first-order chi connectivity index (χ1) is 10.5. The van der Waals surface area contributed by atoms with E-state index < -0.39 is 0 Å². The van der Waals surface area contributed by atoms with Gasteiger partial charge in [-0.2, -0.15) is 0 Å². The highest BCUT2D eigenvalue weighted by Crippen LogP contribution is 2.36. The second-order valence-corrected chi connectivity index (χ2v) is 7.10. The lowest BCUT2D eigenvalue weighted by atomic mass is 10.2. The maximum atomic E-state index is 12.6. The molecule has 0 bridgehead atoms. The van der Waals surface area contributed by atoms with Gasteiger partial charge < -0.3 is 0 Å². The summed E-state index contributed by atoms with van der Waals surface area (Å²) in [5.74, 6) is -0.146. The fourth-order valence-corrected chi connectivity index (χ4v) is 3.63. The predicted octanol–water partition coefficient (Wildman–Crippen LogP) is 5.40. The molecule has 0 spiro atoms. The molecule has 1 amide bonds. The highest BCUT2D eigenvalue weighted by Gasteiger charge is 2.33. The molecule has 2 nitrogen and oxygen atoms in total. The van der Waals surface area contributed by atoms with E-state index in [4.69, 9.17) is 35.4 Å². The van der Waals surface area contributed by atoms with Gasteiger partial charge in [-0.15, -0.1) is 0 Å². The average molecular weight is 366 g/mol. The van der Waals surface area contributed by atoms with Crippen molar-refractivity contribution in [3.8, 4) is 0 Å². The molecule has 0 unspecified atom stereocenters. The fraction of sp³-hybridized carbons (Fsp3) is 0. The van der Waals surface area contributed by atoms with Gasteiger partial charge in [-0.1, -0.05) is 65.4 Å². The maximum Gasteiger partial charge on any atom is 0.270 e. The molecule has 1 fully saturated rings. The molecule has 0 N–H and O–H groups in total. The van der Waals surface area contributed by atoms with Gasteiger partial charge in [0.05, 0.1) is 10.6 Å². The number of rotatable bonds is 2. The van der Waals surface area contributed by atoms with Crippen LogP contribution in [0, 0.1) is 0 Å². The Morgan fingerprint density at radius 1 is 1.05 bits per heavy atom. The Hall–Kier alpha value is -1.33. The van der Waals surface area contributed by atoms with E-state index in [0.29, 0.717) is 25.0 Å². The lowest BCUT2D eigenvalue weighted by molar-refractivity contribution is -0.113. The second-order valence-electron chi connectivity index (χ2n) is 4.55. The van der Waals surface area contributed by atoms with Crippen molar-refractivity contribution < 1.29 is 4.79 Å². The molecule has 0 atom stereocenters. The quantitative estimate of drug-likeness (QED) is 0.524. The van der Waals surface area contributed by atoms with E-state index >= 15 is 0 Å². The smallest absolute Gasteiger partial charge is 0.268 e. The van der Waals surface area contributed by atoms with Crippen LogP contribution < -0.4 is 4.90 Å². The van der Waals surface area contributed by atoms with E-state index in [9.17, 15) is 4.79 Å². The van der Waals surface area contributed by atoms with Crippen LogP contribution in [-0.2, 0) is 4.79 Å². The second kappa shape index (κ2) is 6.42. The molecular formula is C16H9Cl2NOS2. The number of hydrogen-bond donors (Lipinski definition) is 0. The van der Waals surface area contributed by atoms with Crippen LogP contribution in [0.15, 0.2) is 53.4 Å². The number of thiocarbonyl (C=S) groups is 1. The van der Waals surface area contributed by atoms with Crippen molar-refractivity contribution >= 4 is 69.2 Å². The van der Waals surface area contributed by atoms with Crippen LogP contribution >= 0.6 is 47.2 Å².